The van der Waals surface area contributed by atoms with Crippen LogP contribution in [0.4, 0.5) is 0 Å². The number of hydrogen-bond acceptors (Lipinski definition) is 6. The number of Topliss-reactive ketones (excluding diaryl/α,β-unsaturated/α-hetero) is 1. The van der Waals surface area contributed by atoms with Gasteiger partial charge in [-0.1, -0.05) is 54.5 Å². The number of sulfonamides is 1. The SMILES string of the molecule is CCC(=O)C(=O)NS(=O)(=O)c1ccc(-c2c(-c3ccccc3)noc2C)cc1. The summed E-state index contributed by atoms with van der Waals surface area (Å²) in [6.45, 7) is 3.25. The summed E-state index contributed by atoms with van der Waals surface area (Å²) in [5, 5.41) is 4.11. The molecule has 0 aliphatic rings. The number of ketones is 1. The molecule has 1 amide bonds. The van der Waals surface area contributed by atoms with Crippen LogP contribution >= 0.6 is 0 Å². The molecule has 1 heterocycles. The molecule has 0 atom stereocenters. The van der Waals surface area contributed by atoms with Gasteiger partial charge in [-0.15, -0.1) is 0 Å². The molecule has 2 aromatic carbocycles. The van der Waals surface area contributed by atoms with Gasteiger partial charge in [-0.2, -0.15) is 0 Å². The minimum atomic E-state index is -4.13. The summed E-state index contributed by atoms with van der Waals surface area (Å²) in [5.74, 6) is -1.35. The second-order valence-electron chi connectivity index (χ2n) is 6.06. The minimum absolute atomic E-state index is 0.0741. The molecule has 7 nitrogen and oxygen atoms in total. The fourth-order valence-electron chi connectivity index (χ4n) is 2.70. The van der Waals surface area contributed by atoms with Gasteiger partial charge >= 0.3 is 5.91 Å². The second-order valence-corrected chi connectivity index (χ2v) is 7.75. The molecule has 0 spiro atoms. The summed E-state index contributed by atoms with van der Waals surface area (Å²) < 4.78 is 31.7. The Morgan fingerprint density at radius 2 is 1.64 bits per heavy atom. The molecule has 0 radical (unpaired) electrons. The molecule has 0 bridgehead atoms. The highest BCUT2D eigenvalue weighted by Crippen LogP contribution is 2.34. The molecule has 0 aliphatic heterocycles. The first-order chi connectivity index (χ1) is 13.3. The molecule has 1 aromatic heterocycles. The van der Waals surface area contributed by atoms with Gasteiger partial charge in [-0.05, 0) is 24.6 Å². The van der Waals surface area contributed by atoms with E-state index in [-0.39, 0.29) is 11.3 Å². The van der Waals surface area contributed by atoms with Crippen molar-refractivity contribution < 1.29 is 22.5 Å². The maximum absolute atomic E-state index is 12.3. The summed E-state index contributed by atoms with van der Waals surface area (Å²) in [7, 11) is -4.13. The van der Waals surface area contributed by atoms with Crippen molar-refractivity contribution in [1.82, 2.24) is 9.88 Å². The third-order valence-electron chi connectivity index (χ3n) is 4.16. The molecule has 144 valence electrons. The smallest absolute Gasteiger partial charge is 0.301 e. The van der Waals surface area contributed by atoms with Gasteiger partial charge in [-0.3, -0.25) is 9.59 Å². The highest BCUT2D eigenvalue weighted by Gasteiger charge is 2.22. The van der Waals surface area contributed by atoms with Crippen molar-refractivity contribution in [1.29, 1.82) is 0 Å². The van der Waals surface area contributed by atoms with E-state index in [4.69, 9.17) is 4.52 Å². The number of amides is 1. The summed E-state index contributed by atoms with van der Waals surface area (Å²) >= 11 is 0. The minimum Gasteiger partial charge on any atom is -0.360 e. The average molecular weight is 398 g/mol. The van der Waals surface area contributed by atoms with E-state index in [1.54, 1.807) is 23.8 Å². The maximum Gasteiger partial charge on any atom is 0.301 e. The van der Waals surface area contributed by atoms with Gasteiger partial charge in [0.05, 0.1) is 10.5 Å². The van der Waals surface area contributed by atoms with Gasteiger partial charge in [0, 0.05) is 12.0 Å². The summed E-state index contributed by atoms with van der Waals surface area (Å²) in [6.07, 6.45) is -0.0741. The zero-order chi connectivity index (χ0) is 20.3. The number of carbonyl (C=O) groups is 2. The van der Waals surface area contributed by atoms with Crippen LogP contribution in [0.2, 0.25) is 0 Å². The van der Waals surface area contributed by atoms with Crippen molar-refractivity contribution in [3.05, 3.63) is 60.4 Å². The summed E-state index contributed by atoms with van der Waals surface area (Å²) in [4.78, 5) is 22.8. The van der Waals surface area contributed by atoms with Crippen LogP contribution in [0.15, 0.2) is 64.0 Å². The van der Waals surface area contributed by atoms with Crippen molar-refractivity contribution in [3.8, 4) is 22.4 Å². The number of nitrogens with zero attached hydrogens (tertiary/aromatic N) is 1. The largest absolute Gasteiger partial charge is 0.360 e. The second kappa shape index (κ2) is 7.77. The topological polar surface area (TPSA) is 106 Å². The summed E-state index contributed by atoms with van der Waals surface area (Å²) in [5.41, 5.74) is 2.99. The first-order valence-electron chi connectivity index (χ1n) is 8.55. The number of carbonyl (C=O) groups excluding carboxylic acids is 2. The normalized spacial score (nSPS) is 11.2. The predicted octanol–water partition coefficient (Wildman–Crippen LogP) is 3.10. The lowest BCUT2D eigenvalue weighted by Gasteiger charge is -2.07. The van der Waals surface area contributed by atoms with Crippen LogP contribution < -0.4 is 4.72 Å². The van der Waals surface area contributed by atoms with Crippen LogP contribution in [0.5, 0.6) is 0 Å². The zero-order valence-electron chi connectivity index (χ0n) is 15.3. The van der Waals surface area contributed by atoms with E-state index in [2.05, 4.69) is 5.16 Å². The van der Waals surface area contributed by atoms with Gasteiger partial charge in [0.2, 0.25) is 5.78 Å². The Morgan fingerprint density at radius 3 is 2.25 bits per heavy atom. The van der Waals surface area contributed by atoms with Gasteiger partial charge < -0.3 is 4.52 Å². The molecule has 1 N–H and O–H groups in total. The van der Waals surface area contributed by atoms with E-state index in [0.717, 1.165) is 11.1 Å². The number of aromatic nitrogens is 1. The monoisotopic (exact) mass is 398 g/mol. The van der Waals surface area contributed by atoms with Crippen molar-refractivity contribution in [3.63, 3.8) is 0 Å². The molecule has 3 aromatic rings. The third-order valence-corrected chi connectivity index (χ3v) is 5.51. The van der Waals surface area contributed by atoms with E-state index in [1.807, 2.05) is 30.3 Å². The Morgan fingerprint density at radius 1 is 1.00 bits per heavy atom. The average Bonchev–Trinajstić information content (AvgIpc) is 3.09. The van der Waals surface area contributed by atoms with Crippen LogP contribution in [0.25, 0.3) is 22.4 Å². The Hall–Kier alpha value is -3.26. The molecule has 0 fully saturated rings. The highest BCUT2D eigenvalue weighted by atomic mass is 32.2. The van der Waals surface area contributed by atoms with E-state index in [9.17, 15) is 18.0 Å². The Balaban J connectivity index is 1.93. The molecule has 0 saturated heterocycles. The van der Waals surface area contributed by atoms with Gasteiger partial charge in [0.15, 0.2) is 0 Å². The Kier molecular flexibility index (Phi) is 5.41. The van der Waals surface area contributed by atoms with Crippen LogP contribution in [-0.4, -0.2) is 25.3 Å². The number of aryl methyl sites for hydroxylation is 1. The molecular weight excluding hydrogens is 380 g/mol. The van der Waals surface area contributed by atoms with E-state index in [0.29, 0.717) is 17.0 Å². The number of rotatable bonds is 6. The Bertz CT molecular complexity index is 1120. The standard InChI is InChI=1S/C20H18N2O5S/c1-3-17(23)20(24)22-28(25,26)16-11-9-14(10-12-16)18-13(2)27-21-19(18)15-7-5-4-6-8-15/h4-12H,3H2,1-2H3,(H,22,24). The first-order valence-corrected chi connectivity index (χ1v) is 10.0. The van der Waals surface area contributed by atoms with Crippen molar-refractivity contribution in [2.75, 3.05) is 0 Å². The van der Waals surface area contributed by atoms with Gasteiger partial charge in [0.1, 0.15) is 11.5 Å². The Labute approximate surface area is 162 Å². The van der Waals surface area contributed by atoms with Crippen LogP contribution in [0.1, 0.15) is 19.1 Å². The van der Waals surface area contributed by atoms with Crippen LogP contribution in [0, 0.1) is 6.92 Å². The fraction of sp³-hybridized carbons (Fsp3) is 0.150. The van der Waals surface area contributed by atoms with E-state index >= 15 is 0 Å². The van der Waals surface area contributed by atoms with E-state index < -0.39 is 21.7 Å². The first kappa shape index (κ1) is 19.5. The lowest BCUT2D eigenvalue weighted by Crippen LogP contribution is -2.35. The molecule has 0 unspecified atom stereocenters. The maximum atomic E-state index is 12.3. The molecule has 0 saturated carbocycles. The van der Waals surface area contributed by atoms with Crippen LogP contribution in [-0.2, 0) is 19.6 Å². The fourth-order valence-corrected chi connectivity index (χ4v) is 3.67. The number of benzene rings is 2. The number of nitrogens with one attached hydrogen (secondary N) is 1. The zero-order valence-corrected chi connectivity index (χ0v) is 16.1. The number of hydrogen-bond donors (Lipinski definition) is 1. The lowest BCUT2D eigenvalue weighted by molar-refractivity contribution is -0.136. The third kappa shape index (κ3) is 3.86. The van der Waals surface area contributed by atoms with Crippen LogP contribution in [0.3, 0.4) is 0 Å². The molecular formula is C20H18N2O5S. The van der Waals surface area contributed by atoms with Gasteiger partial charge in [-0.25, -0.2) is 13.1 Å². The molecule has 0 aliphatic carbocycles. The highest BCUT2D eigenvalue weighted by molar-refractivity contribution is 7.90. The molecule has 3 rings (SSSR count). The lowest BCUT2D eigenvalue weighted by atomic mass is 10.00. The van der Waals surface area contributed by atoms with Gasteiger partial charge in [0.25, 0.3) is 10.0 Å². The van der Waals surface area contributed by atoms with Crippen molar-refractivity contribution >= 4 is 21.7 Å². The predicted molar refractivity (Wildman–Crippen MR) is 103 cm³/mol. The quantitative estimate of drug-likeness (QED) is 0.640. The molecule has 8 heteroatoms. The van der Waals surface area contributed by atoms with Crippen molar-refractivity contribution in [2.45, 2.75) is 25.2 Å². The van der Waals surface area contributed by atoms with E-state index in [1.165, 1.54) is 19.1 Å². The van der Waals surface area contributed by atoms with Crippen molar-refractivity contribution in [2.24, 2.45) is 0 Å². The molecule has 28 heavy (non-hydrogen) atoms. The summed E-state index contributed by atoms with van der Waals surface area (Å²) in [6, 6.07) is 15.4.